The van der Waals surface area contributed by atoms with Crippen molar-refractivity contribution < 1.29 is 19.8 Å². The van der Waals surface area contributed by atoms with E-state index < -0.39 is 0 Å². The summed E-state index contributed by atoms with van der Waals surface area (Å²) in [4.78, 5) is 31.9. The smallest absolute Gasteiger partial charge is 0.258 e. The van der Waals surface area contributed by atoms with Crippen molar-refractivity contribution in [3.05, 3.63) is 101 Å². The number of hydrogen-bond acceptors (Lipinski definition) is 5. The maximum absolute atomic E-state index is 13.3. The summed E-state index contributed by atoms with van der Waals surface area (Å²) in [5.41, 5.74) is 3.94. The molecule has 3 aromatic carbocycles. The van der Waals surface area contributed by atoms with Gasteiger partial charge in [0.15, 0.2) is 0 Å². The van der Waals surface area contributed by atoms with Gasteiger partial charge in [0, 0.05) is 49.6 Å². The van der Waals surface area contributed by atoms with Gasteiger partial charge in [-0.3, -0.25) is 9.59 Å². The Balaban J connectivity index is 1.61. The van der Waals surface area contributed by atoms with Gasteiger partial charge in [0.25, 0.3) is 11.8 Å². The number of hydrogen-bond donors (Lipinski definition) is 2. The van der Waals surface area contributed by atoms with Gasteiger partial charge in [0.05, 0.1) is 5.56 Å². The number of nitrogens with zero attached hydrogens (tertiary/aromatic N) is 3. The molecule has 0 unspecified atom stereocenters. The van der Waals surface area contributed by atoms with Crippen LogP contribution in [0.4, 0.5) is 5.69 Å². The van der Waals surface area contributed by atoms with Crippen LogP contribution in [0, 0.1) is 0 Å². The molecular formula is C29H31N3O4. The molecule has 7 nitrogen and oxygen atoms in total. The van der Waals surface area contributed by atoms with Gasteiger partial charge >= 0.3 is 0 Å². The number of anilines is 1. The molecule has 4 rings (SSSR count). The molecule has 1 aliphatic rings. The zero-order valence-electron chi connectivity index (χ0n) is 20.6. The van der Waals surface area contributed by atoms with E-state index in [0.29, 0.717) is 32.6 Å². The van der Waals surface area contributed by atoms with E-state index in [4.69, 9.17) is 0 Å². The number of phenols is 2. The quantitative estimate of drug-likeness (QED) is 0.472. The summed E-state index contributed by atoms with van der Waals surface area (Å²) < 4.78 is 0. The summed E-state index contributed by atoms with van der Waals surface area (Å²) in [6, 6.07) is 19.8. The van der Waals surface area contributed by atoms with Crippen LogP contribution in [0.15, 0.2) is 78.9 Å². The van der Waals surface area contributed by atoms with E-state index in [-0.39, 0.29) is 28.9 Å². The fourth-order valence-electron chi connectivity index (χ4n) is 4.36. The van der Waals surface area contributed by atoms with E-state index in [1.807, 2.05) is 73.6 Å². The third kappa shape index (κ3) is 5.75. The highest BCUT2D eigenvalue weighted by atomic mass is 16.3. The van der Waals surface area contributed by atoms with Crippen LogP contribution >= 0.6 is 0 Å². The standard InChI is InChI=1S/C29H31N3O4/c1-30(2)16-7-12-28(35)32(17-15-21-8-4-3-5-9-21)26-11-6-10-22-19-31(20-25(22)26)29(36)24-14-13-23(33)18-27(24)34/h3-14,18,33-34H,15-17,19-20H2,1-2H3/b12-7+. The number of carbonyl (C=O) groups is 2. The zero-order chi connectivity index (χ0) is 25.7. The molecule has 186 valence electrons. The van der Waals surface area contributed by atoms with Crippen LogP contribution in [0.1, 0.15) is 27.0 Å². The highest BCUT2D eigenvalue weighted by Crippen LogP contribution is 2.34. The molecule has 0 spiro atoms. The van der Waals surface area contributed by atoms with Crippen molar-refractivity contribution >= 4 is 17.5 Å². The molecule has 1 aliphatic heterocycles. The number of carbonyl (C=O) groups excluding carboxylic acids is 2. The monoisotopic (exact) mass is 485 g/mol. The maximum Gasteiger partial charge on any atom is 0.258 e. The van der Waals surface area contributed by atoms with Crippen molar-refractivity contribution in [1.29, 1.82) is 0 Å². The molecule has 7 heteroatoms. The lowest BCUT2D eigenvalue weighted by atomic mass is 10.1. The molecule has 0 saturated heterocycles. The number of likely N-dealkylation sites (N-methyl/N-ethyl adjacent to an activating group) is 1. The van der Waals surface area contributed by atoms with Crippen LogP contribution in [0.3, 0.4) is 0 Å². The normalized spacial score (nSPS) is 12.8. The fraction of sp³-hybridized carbons (Fsp3) is 0.241. The first-order valence-electron chi connectivity index (χ1n) is 11.9. The lowest BCUT2D eigenvalue weighted by molar-refractivity contribution is -0.114. The van der Waals surface area contributed by atoms with Crippen molar-refractivity contribution in [3.63, 3.8) is 0 Å². The van der Waals surface area contributed by atoms with E-state index in [1.165, 1.54) is 12.1 Å². The van der Waals surface area contributed by atoms with Crippen molar-refractivity contribution in [3.8, 4) is 11.5 Å². The summed E-state index contributed by atoms with van der Waals surface area (Å²) in [6.07, 6.45) is 4.16. The van der Waals surface area contributed by atoms with E-state index in [9.17, 15) is 19.8 Å². The minimum atomic E-state index is -0.331. The molecule has 0 aliphatic carbocycles. The first-order valence-corrected chi connectivity index (χ1v) is 11.9. The highest BCUT2D eigenvalue weighted by molar-refractivity contribution is 6.02. The number of fused-ring (bicyclic) bond motifs is 1. The Hall–Kier alpha value is -4.10. The van der Waals surface area contributed by atoms with Gasteiger partial charge in [-0.1, -0.05) is 48.5 Å². The molecule has 1 heterocycles. The molecule has 2 amide bonds. The number of aromatic hydroxyl groups is 2. The molecule has 0 saturated carbocycles. The number of benzene rings is 3. The lowest BCUT2D eigenvalue weighted by Gasteiger charge is -2.24. The molecule has 3 aromatic rings. The van der Waals surface area contributed by atoms with Crippen molar-refractivity contribution in [2.75, 3.05) is 32.1 Å². The van der Waals surface area contributed by atoms with E-state index in [2.05, 4.69) is 0 Å². The Morgan fingerprint density at radius 1 is 0.972 bits per heavy atom. The van der Waals surface area contributed by atoms with Crippen LogP contribution < -0.4 is 4.90 Å². The topological polar surface area (TPSA) is 84.3 Å². The van der Waals surface area contributed by atoms with Crippen LogP contribution in [-0.4, -0.2) is 59.0 Å². The average Bonchev–Trinajstić information content (AvgIpc) is 3.29. The first kappa shape index (κ1) is 25.0. The average molecular weight is 486 g/mol. The maximum atomic E-state index is 13.3. The van der Waals surface area contributed by atoms with E-state index in [0.717, 1.165) is 28.4 Å². The molecular weight excluding hydrogens is 454 g/mol. The summed E-state index contributed by atoms with van der Waals surface area (Å²) in [6.45, 7) is 1.85. The molecule has 0 fully saturated rings. The largest absolute Gasteiger partial charge is 0.508 e. The molecule has 0 atom stereocenters. The SMILES string of the molecule is CN(C)C/C=C/C(=O)N(CCc1ccccc1)c1cccc2c1CN(C(=O)c1ccc(O)cc1O)C2. The Bertz CT molecular complexity index is 1270. The molecule has 0 radical (unpaired) electrons. The van der Waals surface area contributed by atoms with Crippen LogP contribution in [0.5, 0.6) is 11.5 Å². The molecule has 36 heavy (non-hydrogen) atoms. The van der Waals surface area contributed by atoms with Gasteiger partial charge in [-0.05, 0) is 49.8 Å². The second kappa shape index (κ2) is 11.1. The molecule has 0 bridgehead atoms. The van der Waals surface area contributed by atoms with Gasteiger partial charge in [-0.25, -0.2) is 0 Å². The number of amides is 2. The van der Waals surface area contributed by atoms with Crippen molar-refractivity contribution in [1.82, 2.24) is 9.80 Å². The summed E-state index contributed by atoms with van der Waals surface area (Å²) in [5, 5.41) is 19.8. The van der Waals surface area contributed by atoms with Gasteiger partial charge in [0.2, 0.25) is 0 Å². The van der Waals surface area contributed by atoms with Crippen molar-refractivity contribution in [2.45, 2.75) is 19.5 Å². The summed E-state index contributed by atoms with van der Waals surface area (Å²) in [7, 11) is 3.90. The third-order valence-electron chi connectivity index (χ3n) is 6.21. The van der Waals surface area contributed by atoms with Gasteiger partial charge in [0.1, 0.15) is 11.5 Å². The fourth-order valence-corrected chi connectivity index (χ4v) is 4.36. The summed E-state index contributed by atoms with van der Waals surface area (Å²) in [5.74, 6) is -0.808. The second-order valence-electron chi connectivity index (χ2n) is 9.17. The number of rotatable bonds is 8. The number of phenolic OH excluding ortho intramolecular Hbond substituents is 2. The predicted molar refractivity (Wildman–Crippen MR) is 140 cm³/mol. The minimum Gasteiger partial charge on any atom is -0.508 e. The Kier molecular flexibility index (Phi) is 7.71. The van der Waals surface area contributed by atoms with Crippen LogP contribution in [-0.2, 0) is 24.3 Å². The zero-order valence-corrected chi connectivity index (χ0v) is 20.6. The Morgan fingerprint density at radius 3 is 2.47 bits per heavy atom. The van der Waals surface area contributed by atoms with E-state index >= 15 is 0 Å². The lowest BCUT2D eigenvalue weighted by Crippen LogP contribution is -2.33. The van der Waals surface area contributed by atoms with Gasteiger partial charge in [-0.15, -0.1) is 0 Å². The third-order valence-corrected chi connectivity index (χ3v) is 6.21. The Morgan fingerprint density at radius 2 is 1.75 bits per heavy atom. The van der Waals surface area contributed by atoms with Crippen LogP contribution in [0.2, 0.25) is 0 Å². The molecule has 2 N–H and O–H groups in total. The van der Waals surface area contributed by atoms with Crippen LogP contribution in [0.25, 0.3) is 0 Å². The minimum absolute atomic E-state index is 0.106. The first-order chi connectivity index (χ1) is 17.3. The van der Waals surface area contributed by atoms with E-state index in [1.54, 1.807) is 15.9 Å². The second-order valence-corrected chi connectivity index (χ2v) is 9.17. The molecule has 0 aromatic heterocycles. The summed E-state index contributed by atoms with van der Waals surface area (Å²) >= 11 is 0. The highest BCUT2D eigenvalue weighted by Gasteiger charge is 2.30. The Labute approximate surface area is 211 Å². The van der Waals surface area contributed by atoms with Gasteiger partial charge < -0.3 is 24.9 Å². The van der Waals surface area contributed by atoms with Crippen molar-refractivity contribution in [2.24, 2.45) is 0 Å². The predicted octanol–water partition coefficient (Wildman–Crippen LogP) is 3.95. The van der Waals surface area contributed by atoms with Gasteiger partial charge in [-0.2, -0.15) is 0 Å².